The summed E-state index contributed by atoms with van der Waals surface area (Å²) < 4.78 is 0. The quantitative estimate of drug-likeness (QED) is 0.577. The molecular weight excluding hydrogens is 284 g/mol. The monoisotopic (exact) mass is 300 g/mol. The highest BCUT2D eigenvalue weighted by Crippen LogP contribution is 2.19. The van der Waals surface area contributed by atoms with E-state index in [4.69, 9.17) is 0 Å². The molecule has 0 radical (unpaired) electrons. The van der Waals surface area contributed by atoms with E-state index in [0.717, 1.165) is 5.56 Å². The minimum absolute atomic E-state index is 0.611. The van der Waals surface area contributed by atoms with Gasteiger partial charge in [-0.25, -0.2) is 0 Å². The minimum Gasteiger partial charge on any atom is -0.159 e. The molecule has 0 saturated heterocycles. The lowest BCUT2D eigenvalue weighted by Gasteiger charge is -2.05. The molecule has 0 amide bonds. The first kappa shape index (κ1) is 13.6. The summed E-state index contributed by atoms with van der Waals surface area (Å²) in [5.74, 6) is 0.658. The Hall–Kier alpha value is -3.01. The molecule has 0 bridgehead atoms. The van der Waals surface area contributed by atoms with Crippen LogP contribution in [0.25, 0.3) is 22.2 Å². The van der Waals surface area contributed by atoms with Gasteiger partial charge >= 0.3 is 0 Å². The molecule has 23 heavy (non-hydrogen) atoms. The lowest BCUT2D eigenvalue weighted by atomic mass is 10.1. The summed E-state index contributed by atoms with van der Waals surface area (Å²) in [5.41, 5.74) is 3.40. The van der Waals surface area contributed by atoms with E-state index in [2.05, 4.69) is 76.9 Å². The van der Waals surface area contributed by atoms with E-state index >= 15 is 0 Å². The largest absolute Gasteiger partial charge is 0.204 e. The van der Waals surface area contributed by atoms with Crippen LogP contribution in [-0.4, -0.2) is 20.2 Å². The molecular formula is C19H16N4. The normalized spacial score (nSPS) is 11.0. The number of hydrogen-bond acceptors (Lipinski definition) is 3. The van der Waals surface area contributed by atoms with Crippen LogP contribution in [0.2, 0.25) is 0 Å². The maximum absolute atomic E-state index is 4.51. The van der Waals surface area contributed by atoms with Crippen LogP contribution in [0.1, 0.15) is 11.1 Å². The SMILES string of the molecule is Cc1ccc(-c2nnn(Cc3cccc4ccccc34)n2)cc1. The molecule has 4 aromatic rings. The van der Waals surface area contributed by atoms with Crippen LogP contribution in [0.5, 0.6) is 0 Å². The van der Waals surface area contributed by atoms with Crippen molar-refractivity contribution in [2.75, 3.05) is 0 Å². The number of rotatable bonds is 3. The Labute approximate surface area is 134 Å². The maximum Gasteiger partial charge on any atom is 0.204 e. The second kappa shape index (κ2) is 5.65. The molecule has 0 N–H and O–H groups in total. The van der Waals surface area contributed by atoms with Gasteiger partial charge < -0.3 is 0 Å². The van der Waals surface area contributed by atoms with Crippen molar-refractivity contribution in [1.29, 1.82) is 0 Å². The second-order valence-corrected chi connectivity index (χ2v) is 5.65. The summed E-state index contributed by atoms with van der Waals surface area (Å²) in [4.78, 5) is 1.65. The predicted molar refractivity (Wildman–Crippen MR) is 91.0 cm³/mol. The smallest absolute Gasteiger partial charge is 0.159 e. The zero-order chi connectivity index (χ0) is 15.6. The first-order valence-corrected chi connectivity index (χ1v) is 7.61. The Kier molecular flexibility index (Phi) is 3.35. The Balaban J connectivity index is 1.66. The van der Waals surface area contributed by atoms with Gasteiger partial charge in [-0.05, 0) is 28.5 Å². The van der Waals surface area contributed by atoms with Gasteiger partial charge in [-0.2, -0.15) is 4.80 Å². The number of fused-ring (bicyclic) bond motifs is 1. The molecule has 1 heterocycles. The molecule has 0 spiro atoms. The van der Waals surface area contributed by atoms with Crippen molar-refractivity contribution in [1.82, 2.24) is 20.2 Å². The molecule has 112 valence electrons. The summed E-state index contributed by atoms with van der Waals surface area (Å²) in [7, 11) is 0. The average Bonchev–Trinajstić information content (AvgIpc) is 3.04. The molecule has 4 rings (SSSR count). The highest BCUT2D eigenvalue weighted by molar-refractivity contribution is 5.85. The molecule has 0 atom stereocenters. The predicted octanol–water partition coefficient (Wildman–Crippen LogP) is 3.85. The fourth-order valence-electron chi connectivity index (χ4n) is 2.71. The van der Waals surface area contributed by atoms with Crippen LogP contribution in [-0.2, 0) is 6.54 Å². The number of nitrogens with zero attached hydrogens (tertiary/aromatic N) is 4. The van der Waals surface area contributed by atoms with Crippen LogP contribution in [0, 0.1) is 6.92 Å². The Morgan fingerprint density at radius 3 is 2.52 bits per heavy atom. The van der Waals surface area contributed by atoms with Gasteiger partial charge in [-0.3, -0.25) is 0 Å². The number of tetrazole rings is 1. The van der Waals surface area contributed by atoms with Gasteiger partial charge in [0, 0.05) is 5.56 Å². The van der Waals surface area contributed by atoms with E-state index < -0.39 is 0 Å². The Morgan fingerprint density at radius 1 is 0.870 bits per heavy atom. The molecule has 0 aliphatic heterocycles. The third-order valence-electron chi connectivity index (χ3n) is 3.95. The number of aromatic nitrogens is 4. The van der Waals surface area contributed by atoms with Gasteiger partial charge in [-0.15, -0.1) is 10.2 Å². The van der Waals surface area contributed by atoms with Crippen molar-refractivity contribution in [2.45, 2.75) is 13.5 Å². The van der Waals surface area contributed by atoms with Crippen molar-refractivity contribution in [2.24, 2.45) is 0 Å². The fourth-order valence-corrected chi connectivity index (χ4v) is 2.71. The topological polar surface area (TPSA) is 43.6 Å². The van der Waals surface area contributed by atoms with Crippen LogP contribution in [0.4, 0.5) is 0 Å². The first-order valence-electron chi connectivity index (χ1n) is 7.61. The van der Waals surface area contributed by atoms with Crippen molar-refractivity contribution >= 4 is 10.8 Å². The van der Waals surface area contributed by atoms with Crippen molar-refractivity contribution in [3.63, 3.8) is 0 Å². The van der Waals surface area contributed by atoms with E-state index in [1.807, 2.05) is 12.1 Å². The maximum atomic E-state index is 4.51. The molecule has 4 nitrogen and oxygen atoms in total. The van der Waals surface area contributed by atoms with Gasteiger partial charge in [0.25, 0.3) is 0 Å². The molecule has 0 aliphatic carbocycles. The lowest BCUT2D eigenvalue weighted by molar-refractivity contribution is 0.575. The van der Waals surface area contributed by atoms with Crippen LogP contribution >= 0.6 is 0 Å². The molecule has 0 fully saturated rings. The van der Waals surface area contributed by atoms with Crippen LogP contribution in [0.15, 0.2) is 66.7 Å². The summed E-state index contributed by atoms with van der Waals surface area (Å²) in [5, 5.41) is 15.3. The fraction of sp³-hybridized carbons (Fsp3) is 0.105. The van der Waals surface area contributed by atoms with Gasteiger partial charge in [0.1, 0.15) is 0 Å². The summed E-state index contributed by atoms with van der Waals surface area (Å²) in [6.45, 7) is 2.68. The third kappa shape index (κ3) is 2.71. The number of benzene rings is 3. The zero-order valence-corrected chi connectivity index (χ0v) is 12.8. The molecule has 0 saturated carbocycles. The first-order chi connectivity index (χ1) is 11.3. The Bertz CT molecular complexity index is 949. The van der Waals surface area contributed by atoms with Crippen LogP contribution in [0.3, 0.4) is 0 Å². The summed E-state index contributed by atoms with van der Waals surface area (Å²) in [6.07, 6.45) is 0. The van der Waals surface area contributed by atoms with Crippen LogP contribution < -0.4 is 0 Å². The zero-order valence-electron chi connectivity index (χ0n) is 12.8. The lowest BCUT2D eigenvalue weighted by Crippen LogP contribution is -2.04. The number of hydrogen-bond donors (Lipinski definition) is 0. The minimum atomic E-state index is 0.611. The van der Waals surface area contributed by atoms with Gasteiger partial charge in [0.2, 0.25) is 5.82 Å². The molecule has 1 aromatic heterocycles. The Morgan fingerprint density at radius 2 is 1.65 bits per heavy atom. The van der Waals surface area contributed by atoms with E-state index in [9.17, 15) is 0 Å². The standard InChI is InChI=1S/C19H16N4/c1-14-9-11-16(12-10-14)19-20-22-23(21-19)13-17-7-4-6-15-5-2-3-8-18(15)17/h2-12H,13H2,1H3. The third-order valence-corrected chi connectivity index (χ3v) is 3.95. The van der Waals surface area contributed by atoms with Gasteiger partial charge in [0.15, 0.2) is 0 Å². The summed E-state index contributed by atoms with van der Waals surface area (Å²) >= 11 is 0. The highest BCUT2D eigenvalue weighted by Gasteiger charge is 2.07. The summed E-state index contributed by atoms with van der Waals surface area (Å²) in [6, 6.07) is 22.8. The molecule has 4 heteroatoms. The molecule has 3 aromatic carbocycles. The van der Waals surface area contributed by atoms with Crippen molar-refractivity contribution in [3.8, 4) is 11.4 Å². The average molecular weight is 300 g/mol. The second-order valence-electron chi connectivity index (χ2n) is 5.65. The number of aryl methyl sites for hydroxylation is 1. The van der Waals surface area contributed by atoms with E-state index in [1.54, 1.807) is 4.80 Å². The van der Waals surface area contributed by atoms with E-state index in [0.29, 0.717) is 12.4 Å². The van der Waals surface area contributed by atoms with E-state index in [1.165, 1.54) is 21.9 Å². The van der Waals surface area contributed by atoms with Gasteiger partial charge in [0.05, 0.1) is 6.54 Å². The highest BCUT2D eigenvalue weighted by atomic mass is 15.6. The van der Waals surface area contributed by atoms with Crippen molar-refractivity contribution < 1.29 is 0 Å². The molecule has 0 aliphatic rings. The van der Waals surface area contributed by atoms with Gasteiger partial charge in [-0.1, -0.05) is 72.3 Å². The van der Waals surface area contributed by atoms with E-state index in [-0.39, 0.29) is 0 Å². The van der Waals surface area contributed by atoms with Crippen molar-refractivity contribution in [3.05, 3.63) is 77.9 Å². The molecule has 0 unspecified atom stereocenters.